The van der Waals surface area contributed by atoms with Gasteiger partial charge in [0.2, 0.25) is 0 Å². The van der Waals surface area contributed by atoms with E-state index in [0.717, 1.165) is 32.6 Å². The summed E-state index contributed by atoms with van der Waals surface area (Å²) in [7, 11) is 0. The lowest BCUT2D eigenvalue weighted by Crippen LogP contribution is -2.36. The Kier molecular flexibility index (Phi) is 5.65. The lowest BCUT2D eigenvalue weighted by molar-refractivity contribution is -0.145. The molecule has 1 fully saturated rings. The number of esters is 1. The van der Waals surface area contributed by atoms with Gasteiger partial charge in [-0.15, -0.1) is 0 Å². The molecule has 4 nitrogen and oxygen atoms in total. The maximum absolute atomic E-state index is 11.3. The summed E-state index contributed by atoms with van der Waals surface area (Å²) < 4.78 is 10.2. The summed E-state index contributed by atoms with van der Waals surface area (Å²) in [6.45, 7) is 6.71. The molecule has 0 radical (unpaired) electrons. The second-order valence-corrected chi connectivity index (χ2v) is 3.95. The molecule has 1 saturated heterocycles. The van der Waals surface area contributed by atoms with Crippen LogP contribution < -0.4 is 5.32 Å². The van der Waals surface area contributed by atoms with Gasteiger partial charge < -0.3 is 14.8 Å². The standard InChI is InChI=1S/C11H21NO3/c1-3-15-11(13)9(2)12-6-4-10-5-7-14-8-10/h9-10,12H,3-8H2,1-2H3. The van der Waals surface area contributed by atoms with Crippen molar-refractivity contribution < 1.29 is 14.3 Å². The molecule has 0 aromatic carbocycles. The molecule has 15 heavy (non-hydrogen) atoms. The summed E-state index contributed by atoms with van der Waals surface area (Å²) in [6.07, 6.45) is 2.22. The molecular weight excluding hydrogens is 194 g/mol. The second-order valence-electron chi connectivity index (χ2n) is 3.95. The monoisotopic (exact) mass is 215 g/mol. The molecule has 0 aromatic rings. The molecule has 4 heteroatoms. The predicted octanol–water partition coefficient (Wildman–Crippen LogP) is 0.954. The van der Waals surface area contributed by atoms with Crippen LogP contribution in [0.5, 0.6) is 0 Å². The molecule has 0 amide bonds. The number of nitrogens with one attached hydrogen (secondary N) is 1. The van der Waals surface area contributed by atoms with Crippen molar-refractivity contribution in [3.05, 3.63) is 0 Å². The van der Waals surface area contributed by atoms with E-state index in [4.69, 9.17) is 9.47 Å². The number of carbonyl (C=O) groups is 1. The molecule has 0 saturated carbocycles. The van der Waals surface area contributed by atoms with Gasteiger partial charge in [0.25, 0.3) is 0 Å². The van der Waals surface area contributed by atoms with Crippen LogP contribution in [0.4, 0.5) is 0 Å². The highest BCUT2D eigenvalue weighted by Crippen LogP contribution is 2.15. The summed E-state index contributed by atoms with van der Waals surface area (Å²) in [4.78, 5) is 11.3. The van der Waals surface area contributed by atoms with Gasteiger partial charge in [-0.3, -0.25) is 4.79 Å². The van der Waals surface area contributed by atoms with Crippen molar-refractivity contribution in [2.75, 3.05) is 26.4 Å². The summed E-state index contributed by atoms with van der Waals surface area (Å²) in [5.74, 6) is 0.493. The Labute approximate surface area is 91.3 Å². The smallest absolute Gasteiger partial charge is 0.322 e. The predicted molar refractivity (Wildman–Crippen MR) is 57.6 cm³/mol. The molecule has 88 valence electrons. The van der Waals surface area contributed by atoms with Crippen LogP contribution in [0.1, 0.15) is 26.7 Å². The van der Waals surface area contributed by atoms with E-state index in [-0.39, 0.29) is 12.0 Å². The zero-order chi connectivity index (χ0) is 11.1. The van der Waals surface area contributed by atoms with Crippen LogP contribution >= 0.6 is 0 Å². The van der Waals surface area contributed by atoms with E-state index in [1.165, 1.54) is 0 Å². The van der Waals surface area contributed by atoms with Crippen molar-refractivity contribution in [1.29, 1.82) is 0 Å². The molecule has 0 bridgehead atoms. The minimum atomic E-state index is -0.202. The first kappa shape index (κ1) is 12.5. The van der Waals surface area contributed by atoms with Crippen molar-refractivity contribution in [1.82, 2.24) is 5.32 Å². The number of hydrogen-bond acceptors (Lipinski definition) is 4. The van der Waals surface area contributed by atoms with Gasteiger partial charge in [-0.1, -0.05) is 0 Å². The molecule has 0 aromatic heterocycles. The average molecular weight is 215 g/mol. The number of ether oxygens (including phenoxy) is 2. The van der Waals surface area contributed by atoms with E-state index in [2.05, 4.69) is 5.32 Å². The fourth-order valence-electron chi connectivity index (χ4n) is 1.67. The highest BCUT2D eigenvalue weighted by atomic mass is 16.5. The van der Waals surface area contributed by atoms with Gasteiger partial charge in [0, 0.05) is 13.2 Å². The van der Waals surface area contributed by atoms with Crippen LogP contribution in [0.3, 0.4) is 0 Å². The van der Waals surface area contributed by atoms with Gasteiger partial charge in [-0.25, -0.2) is 0 Å². The number of hydrogen-bond donors (Lipinski definition) is 1. The van der Waals surface area contributed by atoms with Crippen molar-refractivity contribution in [2.24, 2.45) is 5.92 Å². The third kappa shape index (κ3) is 4.62. The minimum absolute atomic E-state index is 0.167. The molecule has 2 unspecified atom stereocenters. The van der Waals surface area contributed by atoms with Crippen LogP contribution in [-0.4, -0.2) is 38.4 Å². The molecule has 2 atom stereocenters. The highest BCUT2D eigenvalue weighted by molar-refractivity contribution is 5.75. The van der Waals surface area contributed by atoms with Gasteiger partial charge in [-0.05, 0) is 39.2 Å². The van der Waals surface area contributed by atoms with Gasteiger partial charge in [0.1, 0.15) is 6.04 Å². The quantitative estimate of drug-likeness (QED) is 0.670. The van der Waals surface area contributed by atoms with Gasteiger partial charge in [0.15, 0.2) is 0 Å². The average Bonchev–Trinajstić information content (AvgIpc) is 2.71. The fraction of sp³-hybridized carbons (Fsp3) is 0.909. The van der Waals surface area contributed by atoms with Gasteiger partial charge >= 0.3 is 5.97 Å². The minimum Gasteiger partial charge on any atom is -0.465 e. The SMILES string of the molecule is CCOC(=O)C(C)NCCC1CCOC1. The highest BCUT2D eigenvalue weighted by Gasteiger charge is 2.17. The van der Waals surface area contributed by atoms with E-state index < -0.39 is 0 Å². The third-order valence-electron chi connectivity index (χ3n) is 2.67. The third-order valence-corrected chi connectivity index (χ3v) is 2.67. The molecule has 1 aliphatic heterocycles. The maximum Gasteiger partial charge on any atom is 0.322 e. The van der Waals surface area contributed by atoms with Crippen LogP contribution in [0.2, 0.25) is 0 Å². The molecule has 1 N–H and O–H groups in total. The molecule has 0 spiro atoms. The topological polar surface area (TPSA) is 47.6 Å². The van der Waals surface area contributed by atoms with Crippen molar-refractivity contribution in [3.8, 4) is 0 Å². The first-order valence-electron chi connectivity index (χ1n) is 5.71. The molecule has 1 heterocycles. The summed E-state index contributed by atoms with van der Waals surface area (Å²) >= 11 is 0. The largest absolute Gasteiger partial charge is 0.465 e. The van der Waals surface area contributed by atoms with Gasteiger partial charge in [0.05, 0.1) is 6.61 Å². The Morgan fingerprint density at radius 3 is 3.07 bits per heavy atom. The first-order chi connectivity index (χ1) is 7.24. The summed E-state index contributed by atoms with van der Waals surface area (Å²) in [6, 6.07) is -0.202. The van der Waals surface area contributed by atoms with Crippen LogP contribution in [0, 0.1) is 5.92 Å². The Balaban J connectivity index is 2.05. The fourth-order valence-corrected chi connectivity index (χ4v) is 1.67. The van der Waals surface area contributed by atoms with Crippen LogP contribution in [0.25, 0.3) is 0 Å². The summed E-state index contributed by atoms with van der Waals surface area (Å²) in [5.41, 5.74) is 0. The van der Waals surface area contributed by atoms with Crippen LogP contribution in [0.15, 0.2) is 0 Å². The first-order valence-corrected chi connectivity index (χ1v) is 5.71. The van der Waals surface area contributed by atoms with Gasteiger partial charge in [-0.2, -0.15) is 0 Å². The second kappa shape index (κ2) is 6.80. The van der Waals surface area contributed by atoms with E-state index in [1.807, 2.05) is 13.8 Å². The Morgan fingerprint density at radius 2 is 2.47 bits per heavy atom. The Morgan fingerprint density at radius 1 is 1.67 bits per heavy atom. The Bertz CT molecular complexity index is 190. The molecular formula is C11H21NO3. The molecule has 1 rings (SSSR count). The van der Waals surface area contributed by atoms with E-state index in [0.29, 0.717) is 12.5 Å². The van der Waals surface area contributed by atoms with E-state index >= 15 is 0 Å². The van der Waals surface area contributed by atoms with Crippen molar-refractivity contribution in [3.63, 3.8) is 0 Å². The van der Waals surface area contributed by atoms with Crippen molar-refractivity contribution >= 4 is 5.97 Å². The lowest BCUT2D eigenvalue weighted by atomic mass is 10.1. The molecule has 0 aliphatic carbocycles. The number of carbonyl (C=O) groups excluding carboxylic acids is 1. The Hall–Kier alpha value is -0.610. The van der Waals surface area contributed by atoms with E-state index in [1.54, 1.807) is 0 Å². The summed E-state index contributed by atoms with van der Waals surface area (Å²) in [5, 5.41) is 3.16. The normalized spacial score (nSPS) is 22.7. The van der Waals surface area contributed by atoms with E-state index in [9.17, 15) is 4.79 Å². The number of rotatable bonds is 6. The zero-order valence-corrected chi connectivity index (χ0v) is 9.62. The van der Waals surface area contributed by atoms with Crippen LogP contribution in [-0.2, 0) is 14.3 Å². The molecule has 1 aliphatic rings. The lowest BCUT2D eigenvalue weighted by Gasteiger charge is -2.13. The maximum atomic E-state index is 11.3. The zero-order valence-electron chi connectivity index (χ0n) is 9.62. The van der Waals surface area contributed by atoms with Crippen molar-refractivity contribution in [2.45, 2.75) is 32.7 Å².